The molecule has 0 aromatic heterocycles. The molecule has 1 rings (SSSR count). The van der Waals surface area contributed by atoms with Crippen LogP contribution in [0.1, 0.15) is 5.56 Å². The fourth-order valence-corrected chi connectivity index (χ4v) is 2.23. The van der Waals surface area contributed by atoms with E-state index in [0.717, 1.165) is 0 Å². The van der Waals surface area contributed by atoms with Gasteiger partial charge in [0.25, 0.3) is 0 Å². The van der Waals surface area contributed by atoms with E-state index in [1.54, 1.807) is 13.2 Å². The zero-order valence-corrected chi connectivity index (χ0v) is 9.35. The van der Waals surface area contributed by atoms with E-state index < -0.39 is 16.6 Å². The number of hydrogen-bond donors (Lipinski definition) is 1. The van der Waals surface area contributed by atoms with Crippen LogP contribution >= 0.6 is 0 Å². The van der Waals surface area contributed by atoms with Crippen LogP contribution in [0.25, 0.3) is 0 Å². The van der Waals surface area contributed by atoms with E-state index in [2.05, 4.69) is 0 Å². The number of hydrogen-bond acceptors (Lipinski definition) is 3. The third-order valence-electron chi connectivity index (χ3n) is 1.82. The lowest BCUT2D eigenvalue weighted by atomic mass is 10.2. The van der Waals surface area contributed by atoms with Crippen LogP contribution in [0.15, 0.2) is 18.2 Å². The summed E-state index contributed by atoms with van der Waals surface area (Å²) in [5.74, 6) is 0.367. The molecule has 0 saturated heterocycles. The highest BCUT2D eigenvalue weighted by molar-refractivity contribution is 7.84. The third kappa shape index (κ3) is 4.40. The molecule has 1 aromatic rings. The van der Waals surface area contributed by atoms with Crippen molar-refractivity contribution in [3.8, 4) is 0 Å². The van der Waals surface area contributed by atoms with Gasteiger partial charge in [0, 0.05) is 35.1 Å². The summed E-state index contributed by atoms with van der Waals surface area (Å²) in [4.78, 5) is 0. The van der Waals surface area contributed by atoms with Crippen molar-refractivity contribution in [2.75, 3.05) is 25.2 Å². The van der Waals surface area contributed by atoms with Gasteiger partial charge in [0.15, 0.2) is 0 Å². The normalized spacial score (nSPS) is 12.7. The number of methoxy groups -OCH3 is 1. The van der Waals surface area contributed by atoms with E-state index in [4.69, 9.17) is 10.5 Å². The SMILES string of the molecule is COCCS(=O)Cc1cc(N)cc(F)c1. The Hall–Kier alpha value is -0.940. The molecule has 1 aromatic carbocycles. The zero-order valence-electron chi connectivity index (χ0n) is 8.53. The highest BCUT2D eigenvalue weighted by Gasteiger charge is 2.04. The molecule has 2 N–H and O–H groups in total. The smallest absolute Gasteiger partial charge is 0.125 e. The molecule has 0 aliphatic rings. The zero-order chi connectivity index (χ0) is 11.3. The maximum absolute atomic E-state index is 12.9. The topological polar surface area (TPSA) is 52.3 Å². The number of halogens is 1. The van der Waals surface area contributed by atoms with Gasteiger partial charge in [-0.3, -0.25) is 4.21 Å². The van der Waals surface area contributed by atoms with E-state index in [9.17, 15) is 8.60 Å². The van der Waals surface area contributed by atoms with Gasteiger partial charge in [-0.15, -0.1) is 0 Å². The first-order chi connectivity index (χ1) is 7.11. The van der Waals surface area contributed by atoms with E-state index in [-0.39, 0.29) is 0 Å². The molecule has 1 unspecified atom stereocenters. The molecule has 0 amide bonds. The Bertz CT molecular complexity index is 337. The van der Waals surface area contributed by atoms with Crippen LogP contribution in [0.3, 0.4) is 0 Å². The predicted octanol–water partition coefficient (Wildman–Crippen LogP) is 1.30. The van der Waals surface area contributed by atoms with E-state index in [0.29, 0.717) is 29.4 Å². The van der Waals surface area contributed by atoms with Crippen molar-refractivity contribution >= 4 is 16.5 Å². The van der Waals surface area contributed by atoms with Crippen molar-refractivity contribution in [2.45, 2.75) is 5.75 Å². The van der Waals surface area contributed by atoms with E-state index in [1.807, 2.05) is 0 Å². The first-order valence-corrected chi connectivity index (χ1v) is 5.99. The fraction of sp³-hybridized carbons (Fsp3) is 0.400. The predicted molar refractivity (Wildman–Crippen MR) is 59.4 cm³/mol. The molecule has 0 spiro atoms. The molecular formula is C10H14FNO2S. The Morgan fingerprint density at radius 3 is 2.80 bits per heavy atom. The third-order valence-corrected chi connectivity index (χ3v) is 3.10. The first-order valence-electron chi connectivity index (χ1n) is 4.50. The summed E-state index contributed by atoms with van der Waals surface area (Å²) in [6, 6.07) is 4.22. The van der Waals surface area contributed by atoms with Crippen molar-refractivity contribution in [1.82, 2.24) is 0 Å². The monoisotopic (exact) mass is 231 g/mol. The fourth-order valence-electron chi connectivity index (χ4n) is 1.19. The van der Waals surface area contributed by atoms with Crippen molar-refractivity contribution in [3.05, 3.63) is 29.6 Å². The highest BCUT2D eigenvalue weighted by atomic mass is 32.2. The molecule has 15 heavy (non-hydrogen) atoms. The number of rotatable bonds is 5. The first kappa shape index (κ1) is 12.1. The molecule has 0 heterocycles. The number of anilines is 1. The van der Waals surface area contributed by atoms with Crippen LogP contribution in [0.5, 0.6) is 0 Å². The molecule has 0 aliphatic carbocycles. The Morgan fingerprint density at radius 1 is 1.47 bits per heavy atom. The van der Waals surface area contributed by atoms with Gasteiger partial charge in [0.1, 0.15) is 5.82 Å². The molecular weight excluding hydrogens is 217 g/mol. The summed E-state index contributed by atoms with van der Waals surface area (Å²) in [5, 5.41) is 0. The van der Waals surface area contributed by atoms with Gasteiger partial charge in [-0.25, -0.2) is 4.39 Å². The second kappa shape index (κ2) is 5.82. The standard InChI is InChI=1S/C10H14FNO2S/c1-14-2-3-15(13)7-8-4-9(11)6-10(12)5-8/h4-6H,2-3,7,12H2,1H3. The van der Waals surface area contributed by atoms with Gasteiger partial charge in [-0.1, -0.05) is 0 Å². The van der Waals surface area contributed by atoms with Crippen molar-refractivity contribution in [3.63, 3.8) is 0 Å². The Kier molecular flexibility index (Phi) is 4.71. The van der Waals surface area contributed by atoms with E-state index >= 15 is 0 Å². The lowest BCUT2D eigenvalue weighted by Crippen LogP contribution is -2.06. The van der Waals surface area contributed by atoms with E-state index in [1.165, 1.54) is 12.1 Å². The summed E-state index contributed by atoms with van der Waals surface area (Å²) >= 11 is 0. The summed E-state index contributed by atoms with van der Waals surface area (Å²) in [6.45, 7) is 0.442. The minimum absolute atomic E-state index is 0.311. The molecule has 5 heteroatoms. The van der Waals surface area contributed by atoms with Gasteiger partial charge in [-0.05, 0) is 23.8 Å². The number of benzene rings is 1. The summed E-state index contributed by atoms with van der Waals surface area (Å²) in [5.41, 5.74) is 6.48. The van der Waals surface area contributed by atoms with Gasteiger partial charge in [0.2, 0.25) is 0 Å². The highest BCUT2D eigenvalue weighted by Crippen LogP contribution is 2.12. The maximum atomic E-state index is 12.9. The lowest BCUT2D eigenvalue weighted by Gasteiger charge is -2.03. The summed E-state index contributed by atoms with van der Waals surface area (Å²) in [6.07, 6.45) is 0. The van der Waals surface area contributed by atoms with Crippen LogP contribution in [0, 0.1) is 5.82 Å². The van der Waals surface area contributed by atoms with Gasteiger partial charge < -0.3 is 10.5 Å². The molecule has 84 valence electrons. The molecule has 0 bridgehead atoms. The van der Waals surface area contributed by atoms with Gasteiger partial charge in [0.05, 0.1) is 6.61 Å². The van der Waals surface area contributed by atoms with Crippen LogP contribution in [-0.4, -0.2) is 23.7 Å². The summed E-state index contributed by atoms with van der Waals surface area (Å²) < 4.78 is 29.2. The van der Waals surface area contributed by atoms with Crippen molar-refractivity contribution in [2.24, 2.45) is 0 Å². The summed E-state index contributed by atoms with van der Waals surface area (Å²) in [7, 11) is 0.518. The molecule has 1 atom stereocenters. The minimum Gasteiger partial charge on any atom is -0.399 e. The average molecular weight is 231 g/mol. The quantitative estimate of drug-likeness (QED) is 0.777. The second-order valence-corrected chi connectivity index (χ2v) is 4.75. The molecule has 0 fully saturated rings. The van der Waals surface area contributed by atoms with Crippen LogP contribution in [0.4, 0.5) is 10.1 Å². The van der Waals surface area contributed by atoms with Crippen LogP contribution < -0.4 is 5.73 Å². The minimum atomic E-state index is -1.03. The molecule has 3 nitrogen and oxygen atoms in total. The maximum Gasteiger partial charge on any atom is 0.125 e. The largest absolute Gasteiger partial charge is 0.399 e. The second-order valence-electron chi connectivity index (χ2n) is 3.17. The lowest BCUT2D eigenvalue weighted by molar-refractivity contribution is 0.218. The Morgan fingerprint density at radius 2 is 2.20 bits per heavy atom. The molecule has 0 aliphatic heterocycles. The Balaban J connectivity index is 2.60. The average Bonchev–Trinajstić information content (AvgIpc) is 2.13. The number of nitrogens with two attached hydrogens (primary N) is 1. The number of ether oxygens (including phenoxy) is 1. The number of nitrogen functional groups attached to an aromatic ring is 1. The van der Waals surface area contributed by atoms with Gasteiger partial charge >= 0.3 is 0 Å². The van der Waals surface area contributed by atoms with Crippen LogP contribution in [0.2, 0.25) is 0 Å². The molecule has 0 radical (unpaired) electrons. The van der Waals surface area contributed by atoms with Crippen molar-refractivity contribution < 1.29 is 13.3 Å². The van der Waals surface area contributed by atoms with Crippen LogP contribution in [-0.2, 0) is 21.3 Å². The van der Waals surface area contributed by atoms with Gasteiger partial charge in [-0.2, -0.15) is 0 Å². The Labute approximate surface area is 90.9 Å². The molecule has 0 saturated carbocycles. The van der Waals surface area contributed by atoms with Crippen molar-refractivity contribution in [1.29, 1.82) is 0 Å².